The van der Waals surface area contributed by atoms with Crippen LogP contribution in [0.1, 0.15) is 19.8 Å². The molecule has 1 saturated carbocycles. The van der Waals surface area contributed by atoms with Crippen LogP contribution in [0.25, 0.3) is 0 Å². The quantitative estimate of drug-likeness (QED) is 0.788. The summed E-state index contributed by atoms with van der Waals surface area (Å²) in [7, 11) is 0. The molecule has 0 spiro atoms. The molecule has 1 aromatic rings. The first-order valence-corrected chi connectivity index (χ1v) is 5.85. The molecule has 1 N–H and O–H groups in total. The van der Waals surface area contributed by atoms with Gasteiger partial charge in [0.25, 0.3) is 0 Å². The lowest BCUT2D eigenvalue weighted by molar-refractivity contribution is 0.884. The summed E-state index contributed by atoms with van der Waals surface area (Å²) in [6.07, 6.45) is 2.51. The van der Waals surface area contributed by atoms with Crippen LogP contribution in [0.2, 0.25) is 0 Å². The van der Waals surface area contributed by atoms with Gasteiger partial charge in [0.1, 0.15) is 0 Å². The Hall–Kier alpha value is -1.09. The smallest absolute Gasteiger partial charge is 0.173 e. The summed E-state index contributed by atoms with van der Waals surface area (Å²) in [4.78, 5) is 2.13. The van der Waals surface area contributed by atoms with Crippen molar-refractivity contribution in [2.24, 2.45) is 0 Å². The van der Waals surface area contributed by atoms with Gasteiger partial charge in [0.15, 0.2) is 5.11 Å². The van der Waals surface area contributed by atoms with Crippen LogP contribution >= 0.6 is 12.2 Å². The van der Waals surface area contributed by atoms with Gasteiger partial charge in [0.2, 0.25) is 0 Å². The van der Waals surface area contributed by atoms with Crippen LogP contribution in [-0.4, -0.2) is 17.7 Å². The third-order valence-electron chi connectivity index (χ3n) is 2.53. The van der Waals surface area contributed by atoms with Crippen molar-refractivity contribution >= 4 is 23.0 Å². The largest absolute Gasteiger partial charge is 0.360 e. The number of thiocarbonyl (C=S) groups is 1. The fraction of sp³-hybridized carbons (Fsp3) is 0.417. The van der Waals surface area contributed by atoms with Gasteiger partial charge >= 0.3 is 0 Å². The third kappa shape index (κ3) is 2.69. The Bertz CT molecular complexity index is 333. The first-order valence-electron chi connectivity index (χ1n) is 5.44. The molecule has 1 aliphatic rings. The molecule has 0 bridgehead atoms. The second-order valence-corrected chi connectivity index (χ2v) is 4.19. The van der Waals surface area contributed by atoms with E-state index in [2.05, 4.69) is 29.3 Å². The van der Waals surface area contributed by atoms with Gasteiger partial charge in [-0.05, 0) is 44.1 Å². The Labute approximate surface area is 96.3 Å². The fourth-order valence-corrected chi connectivity index (χ4v) is 1.93. The number of para-hydroxylation sites is 1. The predicted molar refractivity (Wildman–Crippen MR) is 68.2 cm³/mol. The number of anilines is 1. The molecular formula is C12H16N2S. The molecule has 0 amide bonds. The summed E-state index contributed by atoms with van der Waals surface area (Å²) >= 11 is 5.39. The molecule has 0 radical (unpaired) electrons. The Morgan fingerprint density at radius 2 is 2.07 bits per heavy atom. The summed E-state index contributed by atoms with van der Waals surface area (Å²) in [6, 6.07) is 10.9. The molecule has 0 unspecified atom stereocenters. The van der Waals surface area contributed by atoms with Crippen molar-refractivity contribution in [2.45, 2.75) is 25.8 Å². The zero-order chi connectivity index (χ0) is 10.7. The molecular weight excluding hydrogens is 204 g/mol. The molecule has 0 aromatic heterocycles. The Morgan fingerprint density at radius 1 is 1.40 bits per heavy atom. The number of rotatable bonds is 3. The highest BCUT2D eigenvalue weighted by Crippen LogP contribution is 2.20. The second-order valence-electron chi connectivity index (χ2n) is 3.80. The SMILES string of the molecule is CCN(C(=S)NC1CC1)c1ccccc1. The lowest BCUT2D eigenvalue weighted by Crippen LogP contribution is -2.40. The Morgan fingerprint density at radius 3 is 2.60 bits per heavy atom. The summed E-state index contributed by atoms with van der Waals surface area (Å²) in [6.45, 7) is 3.02. The predicted octanol–water partition coefficient (Wildman–Crippen LogP) is 2.55. The maximum atomic E-state index is 5.39. The second kappa shape index (κ2) is 4.62. The van der Waals surface area contributed by atoms with Crippen LogP contribution in [0.3, 0.4) is 0 Å². The van der Waals surface area contributed by atoms with Crippen LogP contribution in [-0.2, 0) is 0 Å². The van der Waals surface area contributed by atoms with Crippen molar-refractivity contribution in [3.63, 3.8) is 0 Å². The molecule has 0 atom stereocenters. The van der Waals surface area contributed by atoms with E-state index in [9.17, 15) is 0 Å². The average Bonchev–Trinajstić information content (AvgIpc) is 3.04. The van der Waals surface area contributed by atoms with E-state index in [0.717, 1.165) is 17.3 Å². The van der Waals surface area contributed by atoms with Crippen LogP contribution in [0.4, 0.5) is 5.69 Å². The fourth-order valence-electron chi connectivity index (χ4n) is 1.53. The highest BCUT2D eigenvalue weighted by molar-refractivity contribution is 7.80. The van der Waals surface area contributed by atoms with Gasteiger partial charge in [-0.1, -0.05) is 18.2 Å². The van der Waals surface area contributed by atoms with Crippen LogP contribution in [0.15, 0.2) is 30.3 Å². The highest BCUT2D eigenvalue weighted by atomic mass is 32.1. The topological polar surface area (TPSA) is 15.3 Å². The molecule has 1 fully saturated rings. The normalized spacial score (nSPS) is 14.7. The first kappa shape index (κ1) is 10.4. The monoisotopic (exact) mass is 220 g/mol. The van der Waals surface area contributed by atoms with Gasteiger partial charge in [-0.3, -0.25) is 0 Å². The molecule has 0 heterocycles. The average molecular weight is 220 g/mol. The van der Waals surface area contributed by atoms with Crippen molar-refractivity contribution in [2.75, 3.05) is 11.4 Å². The third-order valence-corrected chi connectivity index (χ3v) is 2.87. The lowest BCUT2D eigenvalue weighted by Gasteiger charge is -2.24. The van der Waals surface area contributed by atoms with Gasteiger partial charge in [-0.25, -0.2) is 0 Å². The van der Waals surface area contributed by atoms with Crippen molar-refractivity contribution < 1.29 is 0 Å². The number of nitrogens with one attached hydrogen (secondary N) is 1. The summed E-state index contributed by atoms with van der Waals surface area (Å²) in [5, 5.41) is 4.21. The van der Waals surface area contributed by atoms with E-state index < -0.39 is 0 Å². The molecule has 1 aliphatic carbocycles. The van der Waals surface area contributed by atoms with Gasteiger partial charge < -0.3 is 10.2 Å². The molecule has 80 valence electrons. The van der Waals surface area contributed by atoms with Crippen molar-refractivity contribution in [1.29, 1.82) is 0 Å². The minimum absolute atomic E-state index is 0.621. The van der Waals surface area contributed by atoms with Gasteiger partial charge in [0, 0.05) is 18.3 Å². The standard InChI is InChI=1S/C12H16N2S/c1-2-14(11-6-4-3-5-7-11)12(15)13-10-8-9-10/h3-7,10H,2,8-9H2,1H3,(H,13,15). The van der Waals surface area contributed by atoms with Crippen molar-refractivity contribution in [1.82, 2.24) is 5.32 Å². The van der Waals surface area contributed by atoms with Crippen molar-refractivity contribution in [3.8, 4) is 0 Å². The van der Waals surface area contributed by atoms with Crippen LogP contribution < -0.4 is 10.2 Å². The van der Waals surface area contributed by atoms with E-state index in [1.54, 1.807) is 0 Å². The van der Waals surface area contributed by atoms with Crippen molar-refractivity contribution in [3.05, 3.63) is 30.3 Å². The van der Waals surface area contributed by atoms with E-state index in [0.29, 0.717) is 6.04 Å². The van der Waals surface area contributed by atoms with Gasteiger partial charge in [-0.2, -0.15) is 0 Å². The van der Waals surface area contributed by atoms with Crippen LogP contribution in [0.5, 0.6) is 0 Å². The molecule has 3 heteroatoms. The lowest BCUT2D eigenvalue weighted by atomic mass is 10.3. The van der Waals surface area contributed by atoms with Crippen LogP contribution in [0, 0.1) is 0 Å². The summed E-state index contributed by atoms with van der Waals surface area (Å²) < 4.78 is 0. The van der Waals surface area contributed by atoms with E-state index in [1.807, 2.05) is 18.2 Å². The summed E-state index contributed by atoms with van der Waals surface area (Å²) in [5.41, 5.74) is 1.16. The molecule has 2 nitrogen and oxygen atoms in total. The number of nitrogens with zero attached hydrogens (tertiary/aromatic N) is 1. The number of benzene rings is 1. The number of hydrogen-bond acceptors (Lipinski definition) is 1. The molecule has 1 aromatic carbocycles. The molecule has 15 heavy (non-hydrogen) atoms. The molecule has 0 saturated heterocycles. The van der Waals surface area contributed by atoms with Gasteiger partial charge in [0.05, 0.1) is 0 Å². The maximum absolute atomic E-state index is 5.39. The molecule has 2 rings (SSSR count). The van der Waals surface area contributed by atoms with E-state index in [1.165, 1.54) is 12.8 Å². The summed E-state index contributed by atoms with van der Waals surface area (Å²) in [5.74, 6) is 0. The zero-order valence-corrected chi connectivity index (χ0v) is 9.76. The Kier molecular flexibility index (Phi) is 3.21. The minimum Gasteiger partial charge on any atom is -0.360 e. The maximum Gasteiger partial charge on any atom is 0.173 e. The minimum atomic E-state index is 0.621. The Balaban J connectivity index is 2.05. The van der Waals surface area contributed by atoms with E-state index >= 15 is 0 Å². The zero-order valence-electron chi connectivity index (χ0n) is 8.94. The van der Waals surface area contributed by atoms with E-state index in [4.69, 9.17) is 12.2 Å². The van der Waals surface area contributed by atoms with E-state index in [-0.39, 0.29) is 0 Å². The highest BCUT2D eigenvalue weighted by Gasteiger charge is 2.23. The van der Waals surface area contributed by atoms with Gasteiger partial charge in [-0.15, -0.1) is 0 Å². The molecule has 0 aliphatic heterocycles. The number of hydrogen-bond donors (Lipinski definition) is 1. The first-order chi connectivity index (χ1) is 7.31.